The van der Waals surface area contributed by atoms with Gasteiger partial charge in [0.25, 0.3) is 0 Å². The summed E-state index contributed by atoms with van der Waals surface area (Å²) in [5.41, 5.74) is 1.09. The van der Waals surface area contributed by atoms with E-state index >= 15 is 0 Å². The molecular weight excluding hydrogens is 366 g/mol. The Kier molecular flexibility index (Phi) is 5.89. The van der Waals surface area contributed by atoms with Gasteiger partial charge >= 0.3 is 6.61 Å². The van der Waals surface area contributed by atoms with E-state index in [0.717, 1.165) is 10.8 Å². The van der Waals surface area contributed by atoms with E-state index < -0.39 is 6.61 Å². The monoisotopic (exact) mass is 384 g/mol. The molecular formula is C22H18F2O4. The normalized spacial score (nSPS) is 11.2. The van der Waals surface area contributed by atoms with E-state index in [0.29, 0.717) is 11.1 Å². The zero-order chi connectivity index (χ0) is 20.1. The first-order valence-corrected chi connectivity index (χ1v) is 8.44. The highest BCUT2D eigenvalue weighted by Crippen LogP contribution is 2.39. The van der Waals surface area contributed by atoms with Gasteiger partial charge in [0.2, 0.25) is 5.75 Å². The van der Waals surface area contributed by atoms with Crippen molar-refractivity contribution in [1.29, 1.82) is 0 Å². The topological polar surface area (TPSA) is 44.8 Å². The predicted octanol–water partition coefficient (Wildman–Crippen LogP) is 5.35. The Bertz CT molecular complexity index is 1000. The van der Waals surface area contributed by atoms with Crippen LogP contribution < -0.4 is 14.2 Å². The Morgan fingerprint density at radius 1 is 0.929 bits per heavy atom. The number of benzene rings is 3. The van der Waals surface area contributed by atoms with Crippen LogP contribution in [0.3, 0.4) is 0 Å². The van der Waals surface area contributed by atoms with Gasteiger partial charge in [0.1, 0.15) is 0 Å². The third-order valence-electron chi connectivity index (χ3n) is 4.15. The first-order valence-electron chi connectivity index (χ1n) is 8.44. The number of hydrogen-bond acceptors (Lipinski definition) is 4. The Hall–Kier alpha value is -3.41. The fourth-order valence-corrected chi connectivity index (χ4v) is 2.81. The SMILES string of the molecule is COc1cc(/C=C/C(=O)c2ccc3ccccc3c2)cc(OC)c1OC(F)F. The number of methoxy groups -OCH3 is 2. The molecule has 0 N–H and O–H groups in total. The van der Waals surface area contributed by atoms with Gasteiger partial charge in [-0.3, -0.25) is 4.79 Å². The van der Waals surface area contributed by atoms with E-state index in [9.17, 15) is 13.6 Å². The van der Waals surface area contributed by atoms with Crippen molar-refractivity contribution < 1.29 is 27.8 Å². The summed E-state index contributed by atoms with van der Waals surface area (Å²) < 4.78 is 39.9. The summed E-state index contributed by atoms with van der Waals surface area (Å²) in [4.78, 5) is 12.5. The van der Waals surface area contributed by atoms with Crippen molar-refractivity contribution in [2.24, 2.45) is 0 Å². The van der Waals surface area contributed by atoms with Gasteiger partial charge in [0.15, 0.2) is 17.3 Å². The highest BCUT2D eigenvalue weighted by atomic mass is 19.3. The van der Waals surface area contributed by atoms with E-state index in [-0.39, 0.29) is 23.0 Å². The van der Waals surface area contributed by atoms with Gasteiger partial charge in [-0.2, -0.15) is 8.78 Å². The molecule has 0 aromatic heterocycles. The molecule has 0 aliphatic heterocycles. The van der Waals surface area contributed by atoms with Crippen LogP contribution in [-0.4, -0.2) is 26.6 Å². The third-order valence-corrected chi connectivity index (χ3v) is 4.15. The highest BCUT2D eigenvalue weighted by molar-refractivity contribution is 6.08. The third kappa shape index (κ3) is 4.28. The Morgan fingerprint density at radius 3 is 2.18 bits per heavy atom. The van der Waals surface area contributed by atoms with E-state index in [1.54, 1.807) is 12.1 Å². The molecule has 0 atom stereocenters. The lowest BCUT2D eigenvalue weighted by atomic mass is 10.0. The number of ketones is 1. The van der Waals surface area contributed by atoms with Crippen molar-refractivity contribution >= 4 is 22.6 Å². The number of fused-ring (bicyclic) bond motifs is 1. The number of hydrogen-bond donors (Lipinski definition) is 0. The molecule has 0 heterocycles. The summed E-state index contributed by atoms with van der Waals surface area (Å²) >= 11 is 0. The number of ether oxygens (including phenoxy) is 3. The quantitative estimate of drug-likeness (QED) is 0.407. The van der Waals surface area contributed by atoms with E-state index in [4.69, 9.17) is 9.47 Å². The maximum Gasteiger partial charge on any atom is 0.387 e. The smallest absolute Gasteiger partial charge is 0.387 e. The summed E-state index contributed by atoms with van der Waals surface area (Å²) in [6, 6.07) is 16.2. The molecule has 0 aliphatic carbocycles. The summed E-state index contributed by atoms with van der Waals surface area (Å²) in [7, 11) is 2.67. The number of carbonyl (C=O) groups excluding carboxylic acids is 1. The summed E-state index contributed by atoms with van der Waals surface area (Å²) in [6.45, 7) is -3.02. The second-order valence-corrected chi connectivity index (χ2v) is 5.89. The average Bonchev–Trinajstić information content (AvgIpc) is 2.71. The number of carbonyl (C=O) groups is 1. The molecule has 0 spiro atoms. The lowest BCUT2D eigenvalue weighted by molar-refractivity contribution is -0.0526. The molecule has 0 saturated heterocycles. The first-order chi connectivity index (χ1) is 13.5. The molecule has 3 aromatic carbocycles. The van der Waals surface area contributed by atoms with Crippen LogP contribution in [0.1, 0.15) is 15.9 Å². The Labute approximate surface area is 161 Å². The van der Waals surface area contributed by atoms with Crippen LogP contribution in [0.15, 0.2) is 60.7 Å². The molecule has 4 nitrogen and oxygen atoms in total. The second-order valence-electron chi connectivity index (χ2n) is 5.89. The van der Waals surface area contributed by atoms with Crippen molar-refractivity contribution in [2.75, 3.05) is 14.2 Å². The van der Waals surface area contributed by atoms with Crippen LogP contribution in [0.5, 0.6) is 17.2 Å². The maximum absolute atomic E-state index is 12.6. The van der Waals surface area contributed by atoms with E-state index in [1.807, 2.05) is 36.4 Å². The number of allylic oxidation sites excluding steroid dienone is 1. The minimum atomic E-state index is -3.02. The van der Waals surface area contributed by atoms with Crippen molar-refractivity contribution in [3.8, 4) is 17.2 Å². The molecule has 28 heavy (non-hydrogen) atoms. The minimum Gasteiger partial charge on any atom is -0.493 e. The zero-order valence-electron chi connectivity index (χ0n) is 15.3. The lowest BCUT2D eigenvalue weighted by Crippen LogP contribution is -2.05. The van der Waals surface area contributed by atoms with Gasteiger partial charge in [-0.1, -0.05) is 42.5 Å². The van der Waals surface area contributed by atoms with Crippen molar-refractivity contribution in [1.82, 2.24) is 0 Å². The molecule has 0 radical (unpaired) electrons. The van der Waals surface area contributed by atoms with Gasteiger partial charge in [-0.25, -0.2) is 0 Å². The lowest BCUT2D eigenvalue weighted by Gasteiger charge is -2.14. The molecule has 144 valence electrons. The van der Waals surface area contributed by atoms with Gasteiger partial charge in [-0.05, 0) is 40.6 Å². The van der Waals surface area contributed by atoms with Crippen molar-refractivity contribution in [3.63, 3.8) is 0 Å². The van der Waals surface area contributed by atoms with Crippen LogP contribution in [0.2, 0.25) is 0 Å². The highest BCUT2D eigenvalue weighted by Gasteiger charge is 2.17. The number of rotatable bonds is 7. The van der Waals surface area contributed by atoms with Gasteiger partial charge < -0.3 is 14.2 Å². The van der Waals surface area contributed by atoms with Crippen LogP contribution >= 0.6 is 0 Å². The molecule has 0 amide bonds. The molecule has 0 aliphatic rings. The number of alkyl halides is 2. The molecule has 6 heteroatoms. The number of halogens is 2. The molecule has 3 aromatic rings. The molecule has 3 rings (SSSR count). The van der Waals surface area contributed by atoms with Gasteiger partial charge in [0.05, 0.1) is 14.2 Å². The van der Waals surface area contributed by atoms with Gasteiger partial charge in [-0.15, -0.1) is 0 Å². The standard InChI is InChI=1S/C22H18F2O4/c1-26-19-11-14(12-20(27-2)21(19)28-22(23)24)7-10-18(25)17-9-8-15-5-3-4-6-16(15)13-17/h3-13,22H,1-2H3/b10-7+. The fourth-order valence-electron chi connectivity index (χ4n) is 2.81. The minimum absolute atomic E-state index is 0.0810. The second kappa shape index (κ2) is 8.52. The maximum atomic E-state index is 12.6. The van der Waals surface area contributed by atoms with Crippen LogP contribution in [0, 0.1) is 0 Å². The van der Waals surface area contributed by atoms with Gasteiger partial charge in [0, 0.05) is 5.56 Å². The first kappa shape index (κ1) is 19.4. The van der Waals surface area contributed by atoms with Crippen molar-refractivity contribution in [3.05, 3.63) is 71.8 Å². The predicted molar refractivity (Wildman–Crippen MR) is 103 cm³/mol. The zero-order valence-corrected chi connectivity index (χ0v) is 15.3. The van der Waals surface area contributed by atoms with Crippen LogP contribution in [-0.2, 0) is 0 Å². The summed E-state index contributed by atoms with van der Waals surface area (Å²) in [6.07, 6.45) is 2.97. The largest absolute Gasteiger partial charge is 0.493 e. The Morgan fingerprint density at radius 2 is 1.57 bits per heavy atom. The van der Waals surface area contributed by atoms with E-state index in [1.165, 1.54) is 32.4 Å². The van der Waals surface area contributed by atoms with Crippen molar-refractivity contribution in [2.45, 2.75) is 6.61 Å². The average molecular weight is 384 g/mol. The molecule has 0 bridgehead atoms. The van der Waals surface area contributed by atoms with Crippen LogP contribution in [0.25, 0.3) is 16.8 Å². The van der Waals surface area contributed by atoms with Crippen LogP contribution in [0.4, 0.5) is 8.78 Å². The molecule has 0 unspecified atom stereocenters. The summed E-state index contributed by atoms with van der Waals surface area (Å²) in [5.74, 6) is -0.218. The molecule has 0 saturated carbocycles. The van der Waals surface area contributed by atoms with E-state index in [2.05, 4.69) is 4.74 Å². The fraction of sp³-hybridized carbons (Fsp3) is 0.136. The molecule has 0 fully saturated rings. The Balaban J connectivity index is 1.88. The summed E-state index contributed by atoms with van der Waals surface area (Å²) in [5, 5.41) is 2.02.